The largest absolute Gasteiger partial charge is 0.454 e. The van der Waals surface area contributed by atoms with Crippen LogP contribution < -0.4 is 19.2 Å². The van der Waals surface area contributed by atoms with E-state index in [1.807, 2.05) is 6.92 Å². The second-order valence-electron chi connectivity index (χ2n) is 7.32. The smallest absolute Gasteiger partial charge is 0.264 e. The number of anilines is 1. The maximum atomic E-state index is 13.4. The van der Waals surface area contributed by atoms with E-state index in [9.17, 15) is 17.6 Å². The normalized spacial score (nSPS) is 12.7. The van der Waals surface area contributed by atoms with Crippen molar-refractivity contribution < 1.29 is 27.1 Å². The van der Waals surface area contributed by atoms with E-state index in [0.717, 1.165) is 22.0 Å². The zero-order chi connectivity index (χ0) is 24.3. The first kappa shape index (κ1) is 23.7. The molecule has 4 rings (SSSR count). The van der Waals surface area contributed by atoms with Gasteiger partial charge in [0.25, 0.3) is 15.9 Å². The molecule has 176 valence electrons. The quantitative estimate of drug-likeness (QED) is 0.356. The van der Waals surface area contributed by atoms with Crippen molar-refractivity contribution in [1.82, 2.24) is 5.43 Å². The number of rotatable bonds is 7. The summed E-state index contributed by atoms with van der Waals surface area (Å²) in [6.45, 7) is 1.38. The number of nitrogens with one attached hydrogen (secondary N) is 1. The number of hydrazone groups is 1. The van der Waals surface area contributed by atoms with Crippen LogP contribution >= 0.6 is 15.9 Å². The zero-order valence-electron chi connectivity index (χ0n) is 17.9. The van der Waals surface area contributed by atoms with Crippen molar-refractivity contribution in [2.45, 2.75) is 11.8 Å². The molecule has 0 atom stereocenters. The number of halogens is 2. The summed E-state index contributed by atoms with van der Waals surface area (Å²) in [5.74, 6) is -0.0834. The molecular weight excluding hydrogens is 529 g/mol. The van der Waals surface area contributed by atoms with Gasteiger partial charge >= 0.3 is 0 Å². The Morgan fingerprint density at radius 1 is 1.12 bits per heavy atom. The second kappa shape index (κ2) is 9.82. The van der Waals surface area contributed by atoms with Crippen molar-refractivity contribution in [3.8, 4) is 11.5 Å². The average molecular weight is 548 g/mol. The molecule has 1 aliphatic rings. The Morgan fingerprint density at radius 2 is 1.76 bits per heavy atom. The maximum Gasteiger partial charge on any atom is 0.264 e. The summed E-state index contributed by atoms with van der Waals surface area (Å²) in [5, 5.41) is 3.92. The van der Waals surface area contributed by atoms with Crippen molar-refractivity contribution >= 4 is 43.8 Å². The number of amides is 1. The number of carbonyl (C=O) groups is 1. The highest BCUT2D eigenvalue weighted by molar-refractivity contribution is 9.10. The summed E-state index contributed by atoms with van der Waals surface area (Å²) in [7, 11) is -4.11. The molecule has 8 nitrogen and oxygen atoms in total. The summed E-state index contributed by atoms with van der Waals surface area (Å²) in [5.41, 5.74) is 3.97. The lowest BCUT2D eigenvalue weighted by molar-refractivity contribution is -0.119. The van der Waals surface area contributed by atoms with E-state index in [1.165, 1.54) is 30.5 Å². The van der Waals surface area contributed by atoms with Crippen LogP contribution in [0.2, 0.25) is 0 Å². The number of ether oxygens (including phenoxy) is 2. The monoisotopic (exact) mass is 547 g/mol. The Hall–Kier alpha value is -3.44. The number of hydrogen-bond acceptors (Lipinski definition) is 6. The van der Waals surface area contributed by atoms with Gasteiger partial charge in [-0.2, -0.15) is 5.10 Å². The Morgan fingerprint density at radius 3 is 2.44 bits per heavy atom. The Bertz CT molecular complexity index is 1350. The Labute approximate surface area is 204 Å². The van der Waals surface area contributed by atoms with Crippen molar-refractivity contribution in [1.29, 1.82) is 0 Å². The fourth-order valence-electron chi connectivity index (χ4n) is 3.13. The molecule has 0 fully saturated rings. The van der Waals surface area contributed by atoms with Crippen LogP contribution in [0.5, 0.6) is 11.5 Å². The van der Waals surface area contributed by atoms with Crippen molar-refractivity contribution in [2.24, 2.45) is 5.10 Å². The highest BCUT2D eigenvalue weighted by atomic mass is 79.9. The molecule has 0 aromatic heterocycles. The van der Waals surface area contributed by atoms with E-state index in [-0.39, 0.29) is 17.4 Å². The topological polar surface area (TPSA) is 97.3 Å². The maximum absolute atomic E-state index is 13.4. The highest BCUT2D eigenvalue weighted by Gasteiger charge is 2.27. The molecule has 1 aliphatic heterocycles. The summed E-state index contributed by atoms with van der Waals surface area (Å²) in [6.07, 6.45) is 1.39. The van der Waals surface area contributed by atoms with Crippen LogP contribution in [0.1, 0.15) is 11.1 Å². The van der Waals surface area contributed by atoms with Crippen molar-refractivity contribution in [2.75, 3.05) is 17.6 Å². The lowest BCUT2D eigenvalue weighted by atomic mass is 10.2. The molecule has 0 spiro atoms. The van der Waals surface area contributed by atoms with Gasteiger partial charge in [-0.1, -0.05) is 17.7 Å². The number of hydrogen-bond donors (Lipinski definition) is 1. The van der Waals surface area contributed by atoms with Gasteiger partial charge in [0, 0.05) is 10.0 Å². The van der Waals surface area contributed by atoms with Crippen LogP contribution in [-0.2, 0) is 14.8 Å². The van der Waals surface area contributed by atoms with Gasteiger partial charge < -0.3 is 9.47 Å². The zero-order valence-corrected chi connectivity index (χ0v) is 20.3. The molecule has 0 aliphatic carbocycles. The first-order valence-corrected chi connectivity index (χ1v) is 12.2. The second-order valence-corrected chi connectivity index (χ2v) is 10.0. The molecular formula is C23H19BrFN3O5S. The standard InChI is InChI=1S/C23H19BrFN3O5S/c1-15-2-8-19(9-3-15)34(30,31)28(18-6-4-17(25)5-7-18)13-23(29)27-26-12-16-10-21-22(11-20(16)24)33-14-32-21/h2-12H,13-14H2,1H3,(H,27,29)/b26-12-. The lowest BCUT2D eigenvalue weighted by Gasteiger charge is -2.23. The average Bonchev–Trinajstić information content (AvgIpc) is 3.25. The van der Waals surface area contributed by atoms with Crippen LogP contribution in [0.15, 0.2) is 75.1 Å². The van der Waals surface area contributed by atoms with Crippen molar-refractivity contribution in [3.05, 3.63) is 82.1 Å². The number of benzene rings is 3. The minimum atomic E-state index is -4.11. The van der Waals surface area contributed by atoms with Gasteiger partial charge in [0.05, 0.1) is 16.8 Å². The molecule has 1 heterocycles. The van der Waals surface area contributed by atoms with E-state index in [0.29, 0.717) is 21.5 Å². The number of carbonyl (C=O) groups excluding carboxylic acids is 1. The third-order valence-corrected chi connectivity index (χ3v) is 7.37. The molecule has 1 N–H and O–H groups in total. The van der Waals surface area contributed by atoms with E-state index >= 15 is 0 Å². The van der Waals surface area contributed by atoms with Gasteiger partial charge in [-0.15, -0.1) is 0 Å². The number of aryl methyl sites for hydroxylation is 1. The van der Waals surface area contributed by atoms with Crippen LogP contribution in [-0.4, -0.2) is 33.9 Å². The van der Waals surface area contributed by atoms with Gasteiger partial charge in [-0.3, -0.25) is 9.10 Å². The number of fused-ring (bicyclic) bond motifs is 1. The Balaban J connectivity index is 1.54. The summed E-state index contributed by atoms with van der Waals surface area (Å²) in [4.78, 5) is 12.6. The van der Waals surface area contributed by atoms with Crippen LogP contribution in [0.3, 0.4) is 0 Å². The molecule has 3 aromatic rings. The van der Waals surface area contributed by atoms with Gasteiger partial charge in [-0.25, -0.2) is 18.2 Å². The third kappa shape index (κ3) is 5.20. The fourth-order valence-corrected chi connectivity index (χ4v) is 4.98. The summed E-state index contributed by atoms with van der Waals surface area (Å²) < 4.78 is 52.2. The predicted molar refractivity (Wildman–Crippen MR) is 128 cm³/mol. The molecule has 1 amide bonds. The van der Waals surface area contributed by atoms with E-state index < -0.39 is 28.3 Å². The Kier molecular flexibility index (Phi) is 6.85. The molecule has 0 unspecified atom stereocenters. The summed E-state index contributed by atoms with van der Waals surface area (Å²) >= 11 is 3.39. The number of sulfonamides is 1. The van der Waals surface area contributed by atoms with Crippen LogP contribution in [0, 0.1) is 12.7 Å². The minimum Gasteiger partial charge on any atom is -0.454 e. The first-order chi connectivity index (χ1) is 16.2. The summed E-state index contributed by atoms with van der Waals surface area (Å²) in [6, 6.07) is 14.5. The minimum absolute atomic E-state index is 0.00279. The molecule has 3 aromatic carbocycles. The van der Waals surface area contributed by atoms with Gasteiger partial charge in [0.1, 0.15) is 12.4 Å². The molecule has 0 bridgehead atoms. The van der Waals surface area contributed by atoms with Crippen LogP contribution in [0.4, 0.5) is 10.1 Å². The predicted octanol–water partition coefficient (Wildman–Crippen LogP) is 3.97. The van der Waals surface area contributed by atoms with E-state index in [1.54, 1.807) is 24.3 Å². The lowest BCUT2D eigenvalue weighted by Crippen LogP contribution is -2.39. The molecule has 0 saturated carbocycles. The first-order valence-electron chi connectivity index (χ1n) is 10.00. The van der Waals surface area contributed by atoms with Gasteiger partial charge in [0.2, 0.25) is 6.79 Å². The molecule has 0 saturated heterocycles. The third-order valence-electron chi connectivity index (χ3n) is 4.90. The SMILES string of the molecule is Cc1ccc(S(=O)(=O)N(CC(=O)N/N=C\c2cc3c(cc2Br)OCO3)c2ccc(F)cc2)cc1. The van der Waals surface area contributed by atoms with Crippen LogP contribution in [0.25, 0.3) is 0 Å². The van der Waals surface area contributed by atoms with Gasteiger partial charge in [0.15, 0.2) is 11.5 Å². The highest BCUT2D eigenvalue weighted by Crippen LogP contribution is 2.36. The fraction of sp³-hybridized carbons (Fsp3) is 0.130. The molecule has 34 heavy (non-hydrogen) atoms. The van der Waals surface area contributed by atoms with E-state index in [2.05, 4.69) is 26.5 Å². The van der Waals surface area contributed by atoms with Crippen molar-refractivity contribution in [3.63, 3.8) is 0 Å². The molecule has 11 heteroatoms. The van der Waals surface area contributed by atoms with E-state index in [4.69, 9.17) is 9.47 Å². The number of nitrogens with zero attached hydrogens (tertiary/aromatic N) is 2. The molecule has 0 radical (unpaired) electrons. The van der Waals surface area contributed by atoms with Gasteiger partial charge in [-0.05, 0) is 71.4 Å².